The minimum atomic E-state index is -2.79. The molecule has 5 heteroatoms. The zero-order valence-corrected chi connectivity index (χ0v) is 9.48. The van der Waals surface area contributed by atoms with Gasteiger partial charge in [0.05, 0.1) is 18.1 Å². The molecule has 0 amide bonds. The summed E-state index contributed by atoms with van der Waals surface area (Å²) in [6.45, 7) is 1.23. The van der Waals surface area contributed by atoms with Gasteiger partial charge in [0.25, 0.3) is 0 Å². The van der Waals surface area contributed by atoms with Crippen LogP contribution in [0.2, 0.25) is 0 Å². The van der Waals surface area contributed by atoms with Crippen LogP contribution in [0, 0.1) is 5.41 Å². The van der Waals surface area contributed by atoms with Crippen molar-refractivity contribution in [2.75, 3.05) is 31.8 Å². The summed E-state index contributed by atoms with van der Waals surface area (Å²) in [6, 6.07) is 0. The van der Waals surface area contributed by atoms with Gasteiger partial charge in [0, 0.05) is 7.11 Å². The van der Waals surface area contributed by atoms with E-state index in [1.165, 1.54) is 0 Å². The first-order valence-electron chi connectivity index (χ1n) is 4.93. The summed E-state index contributed by atoms with van der Waals surface area (Å²) in [5.41, 5.74) is 5.55. The van der Waals surface area contributed by atoms with Gasteiger partial charge in [0.2, 0.25) is 0 Å². The van der Waals surface area contributed by atoms with Crippen molar-refractivity contribution in [1.82, 2.24) is 0 Å². The maximum absolute atomic E-state index is 11.3. The van der Waals surface area contributed by atoms with Crippen molar-refractivity contribution in [3.63, 3.8) is 0 Å². The highest BCUT2D eigenvalue weighted by Gasteiger charge is 2.36. The van der Waals surface area contributed by atoms with Crippen molar-refractivity contribution in [3.8, 4) is 0 Å². The van der Waals surface area contributed by atoms with Gasteiger partial charge in [-0.3, -0.25) is 0 Å². The maximum Gasteiger partial charge on any atom is 0.150 e. The lowest BCUT2D eigenvalue weighted by molar-refractivity contribution is 0.0655. The summed E-state index contributed by atoms with van der Waals surface area (Å²) >= 11 is 0. The molecule has 84 valence electrons. The largest absolute Gasteiger partial charge is 0.384 e. The zero-order chi connectivity index (χ0) is 10.7. The van der Waals surface area contributed by atoms with Crippen molar-refractivity contribution < 1.29 is 13.2 Å². The molecule has 1 rings (SSSR count). The van der Waals surface area contributed by atoms with Crippen molar-refractivity contribution in [2.24, 2.45) is 11.1 Å². The lowest BCUT2D eigenvalue weighted by Crippen LogP contribution is -2.38. The van der Waals surface area contributed by atoms with E-state index >= 15 is 0 Å². The monoisotopic (exact) mass is 221 g/mol. The topological polar surface area (TPSA) is 69.4 Å². The molecule has 0 radical (unpaired) electrons. The summed E-state index contributed by atoms with van der Waals surface area (Å²) in [7, 11) is -1.13. The third-order valence-corrected chi connectivity index (χ3v) is 4.66. The minimum Gasteiger partial charge on any atom is -0.384 e. The molecule has 0 aromatic heterocycles. The van der Waals surface area contributed by atoms with E-state index in [-0.39, 0.29) is 16.9 Å². The van der Waals surface area contributed by atoms with Crippen LogP contribution in [0.5, 0.6) is 0 Å². The lowest BCUT2D eigenvalue weighted by atomic mass is 9.79. The number of sulfone groups is 1. The van der Waals surface area contributed by atoms with Crippen LogP contribution in [0.4, 0.5) is 0 Å². The molecule has 1 aliphatic rings. The van der Waals surface area contributed by atoms with Crippen molar-refractivity contribution in [3.05, 3.63) is 0 Å². The van der Waals surface area contributed by atoms with Crippen molar-refractivity contribution >= 4 is 9.84 Å². The number of hydrogen-bond donors (Lipinski definition) is 1. The van der Waals surface area contributed by atoms with Crippen LogP contribution in [0.1, 0.15) is 19.3 Å². The van der Waals surface area contributed by atoms with E-state index in [4.69, 9.17) is 10.5 Å². The molecule has 0 spiro atoms. The fourth-order valence-corrected chi connectivity index (χ4v) is 3.74. The van der Waals surface area contributed by atoms with Gasteiger partial charge < -0.3 is 10.5 Å². The van der Waals surface area contributed by atoms with Gasteiger partial charge in [0.1, 0.15) is 9.84 Å². The van der Waals surface area contributed by atoms with Crippen molar-refractivity contribution in [2.45, 2.75) is 19.3 Å². The molecule has 0 aromatic carbocycles. The maximum atomic E-state index is 11.3. The molecule has 1 aliphatic heterocycles. The van der Waals surface area contributed by atoms with E-state index in [9.17, 15) is 8.42 Å². The van der Waals surface area contributed by atoms with Crippen LogP contribution in [0.25, 0.3) is 0 Å². The quantitative estimate of drug-likeness (QED) is 0.735. The molecular weight excluding hydrogens is 202 g/mol. The van der Waals surface area contributed by atoms with Crippen LogP contribution >= 0.6 is 0 Å². The Bertz CT molecular complexity index is 252. The molecule has 0 unspecified atom stereocenters. The average Bonchev–Trinajstić information content (AvgIpc) is 2.12. The zero-order valence-electron chi connectivity index (χ0n) is 8.66. The molecule has 0 bridgehead atoms. The fourth-order valence-electron chi connectivity index (χ4n) is 2.05. The lowest BCUT2D eigenvalue weighted by Gasteiger charge is -2.36. The van der Waals surface area contributed by atoms with Crippen LogP contribution in [0.15, 0.2) is 0 Å². The summed E-state index contributed by atoms with van der Waals surface area (Å²) in [4.78, 5) is 0. The molecule has 14 heavy (non-hydrogen) atoms. The number of nitrogens with two attached hydrogens (primary N) is 1. The second-order valence-electron chi connectivity index (χ2n) is 4.12. The Hall–Kier alpha value is -0.130. The predicted octanol–water partition coefficient (Wildman–Crippen LogP) is 0.177. The third kappa shape index (κ3) is 2.93. The number of rotatable bonds is 4. The van der Waals surface area contributed by atoms with Gasteiger partial charge in [-0.25, -0.2) is 8.42 Å². The molecule has 1 saturated heterocycles. The Morgan fingerprint density at radius 3 is 2.36 bits per heavy atom. The molecule has 2 N–H and O–H groups in total. The molecule has 1 fully saturated rings. The van der Waals surface area contributed by atoms with Gasteiger partial charge in [0.15, 0.2) is 0 Å². The first-order valence-corrected chi connectivity index (χ1v) is 6.75. The van der Waals surface area contributed by atoms with E-state index in [0.717, 1.165) is 6.42 Å². The molecule has 0 aromatic rings. The minimum absolute atomic E-state index is 0.00875. The Kier molecular flexibility index (Phi) is 3.92. The Morgan fingerprint density at radius 2 is 1.93 bits per heavy atom. The van der Waals surface area contributed by atoms with Crippen LogP contribution in [0.3, 0.4) is 0 Å². The normalized spacial score (nSPS) is 24.7. The fraction of sp³-hybridized carbons (Fsp3) is 1.00. The second kappa shape index (κ2) is 4.59. The van der Waals surface area contributed by atoms with E-state index in [1.807, 2.05) is 0 Å². The van der Waals surface area contributed by atoms with Crippen LogP contribution in [-0.4, -0.2) is 40.2 Å². The van der Waals surface area contributed by atoms with Crippen LogP contribution in [-0.2, 0) is 14.6 Å². The highest BCUT2D eigenvalue weighted by Crippen LogP contribution is 2.35. The third-order valence-electron chi connectivity index (χ3n) is 3.01. The Labute approximate surface area is 85.7 Å². The summed E-state index contributed by atoms with van der Waals surface area (Å²) in [6.07, 6.45) is 2.25. The molecule has 1 heterocycles. The first-order chi connectivity index (χ1) is 6.54. The standard InChI is InChI=1S/C9H19NO3S/c1-13-8-9(2-5-10)3-6-14(11,12)7-4-9/h2-8,10H2,1H3. The molecule has 0 saturated carbocycles. The predicted molar refractivity (Wildman–Crippen MR) is 55.9 cm³/mol. The van der Waals surface area contributed by atoms with E-state index < -0.39 is 9.84 Å². The molecule has 0 atom stereocenters. The second-order valence-corrected chi connectivity index (χ2v) is 6.43. The van der Waals surface area contributed by atoms with Gasteiger partial charge >= 0.3 is 0 Å². The highest BCUT2D eigenvalue weighted by molar-refractivity contribution is 7.91. The molecule has 0 aliphatic carbocycles. The van der Waals surface area contributed by atoms with Crippen molar-refractivity contribution in [1.29, 1.82) is 0 Å². The SMILES string of the molecule is COCC1(CCN)CCS(=O)(=O)CC1. The van der Waals surface area contributed by atoms with E-state index in [0.29, 0.717) is 26.0 Å². The average molecular weight is 221 g/mol. The summed E-state index contributed by atoms with van der Waals surface area (Å²) in [5.74, 6) is 0.576. The highest BCUT2D eigenvalue weighted by atomic mass is 32.2. The van der Waals surface area contributed by atoms with Gasteiger partial charge in [-0.05, 0) is 31.2 Å². The van der Waals surface area contributed by atoms with E-state index in [1.54, 1.807) is 7.11 Å². The Morgan fingerprint density at radius 1 is 1.36 bits per heavy atom. The Balaban J connectivity index is 2.63. The van der Waals surface area contributed by atoms with Gasteiger partial charge in [-0.2, -0.15) is 0 Å². The first kappa shape index (κ1) is 11.9. The number of ether oxygens (including phenoxy) is 1. The van der Waals surface area contributed by atoms with E-state index in [2.05, 4.69) is 0 Å². The number of hydrogen-bond acceptors (Lipinski definition) is 4. The summed E-state index contributed by atoms with van der Waals surface area (Å²) in [5, 5.41) is 0. The molecular formula is C9H19NO3S. The van der Waals surface area contributed by atoms with Crippen LogP contribution < -0.4 is 5.73 Å². The van der Waals surface area contributed by atoms with Gasteiger partial charge in [-0.1, -0.05) is 0 Å². The number of methoxy groups -OCH3 is 1. The smallest absolute Gasteiger partial charge is 0.150 e. The molecule has 4 nitrogen and oxygen atoms in total. The van der Waals surface area contributed by atoms with Gasteiger partial charge in [-0.15, -0.1) is 0 Å². The summed E-state index contributed by atoms with van der Waals surface area (Å²) < 4.78 is 27.7.